The largest absolute Gasteiger partial charge is 0.394 e. The van der Waals surface area contributed by atoms with E-state index in [-0.39, 0.29) is 12.6 Å². The second kappa shape index (κ2) is 6.92. The number of aliphatic hydroxyl groups excluding tert-OH is 1. The van der Waals surface area contributed by atoms with Crippen LogP contribution in [0.15, 0.2) is 24.3 Å². The molecule has 5 nitrogen and oxygen atoms in total. The number of anilines is 2. The van der Waals surface area contributed by atoms with Crippen LogP contribution in [0.1, 0.15) is 32.6 Å². The molecule has 5 heteroatoms. The van der Waals surface area contributed by atoms with Gasteiger partial charge in [0.25, 0.3) is 0 Å². The van der Waals surface area contributed by atoms with Crippen molar-refractivity contribution in [3.8, 4) is 0 Å². The Hall–Kier alpha value is -1.88. The summed E-state index contributed by atoms with van der Waals surface area (Å²) in [7, 11) is 0. The average Bonchev–Trinajstić information content (AvgIpc) is 2.59. The highest BCUT2D eigenvalue weighted by molar-refractivity contribution is 5.80. The Balaban J connectivity index is 2.01. The van der Waals surface area contributed by atoms with Crippen molar-refractivity contribution < 1.29 is 5.11 Å². The molecule has 118 valence electrons. The number of nitrogens with zero attached hydrogens (tertiary/aromatic N) is 3. The first-order chi connectivity index (χ1) is 10.8. The SMILES string of the molecule is CC[C@@H](CO)Nc1nc2ccccc2nc1N1CCCCC1. The summed E-state index contributed by atoms with van der Waals surface area (Å²) in [4.78, 5) is 11.9. The molecule has 2 aromatic rings. The van der Waals surface area contributed by atoms with Gasteiger partial charge in [-0.3, -0.25) is 0 Å². The van der Waals surface area contributed by atoms with Crippen LogP contribution < -0.4 is 10.2 Å². The summed E-state index contributed by atoms with van der Waals surface area (Å²) in [5.74, 6) is 1.71. The first-order valence-corrected chi connectivity index (χ1v) is 8.21. The van der Waals surface area contributed by atoms with Crippen LogP contribution >= 0.6 is 0 Å². The molecule has 1 saturated heterocycles. The number of nitrogens with one attached hydrogen (secondary N) is 1. The number of rotatable bonds is 5. The standard InChI is InChI=1S/C17H24N4O/c1-2-13(12-22)18-16-17(21-10-6-3-7-11-21)20-15-9-5-4-8-14(15)19-16/h4-5,8-9,13,22H,2-3,6-7,10-12H2,1H3,(H,18,19)/t13-/m0/s1. The van der Waals surface area contributed by atoms with Crippen molar-refractivity contribution in [2.24, 2.45) is 0 Å². The number of hydrogen-bond donors (Lipinski definition) is 2. The fraction of sp³-hybridized carbons (Fsp3) is 0.529. The van der Waals surface area contributed by atoms with Crippen molar-refractivity contribution in [1.29, 1.82) is 0 Å². The predicted octanol–water partition coefficient (Wildman–Crippen LogP) is 2.80. The molecule has 3 rings (SSSR count). The molecular formula is C17H24N4O. The minimum Gasteiger partial charge on any atom is -0.394 e. The normalized spacial score (nSPS) is 16.7. The predicted molar refractivity (Wildman–Crippen MR) is 90.4 cm³/mol. The molecule has 2 heterocycles. The lowest BCUT2D eigenvalue weighted by Gasteiger charge is -2.30. The molecule has 22 heavy (non-hydrogen) atoms. The number of fused-ring (bicyclic) bond motifs is 1. The quantitative estimate of drug-likeness (QED) is 0.889. The number of hydrogen-bond acceptors (Lipinski definition) is 5. The maximum absolute atomic E-state index is 9.48. The van der Waals surface area contributed by atoms with Crippen molar-refractivity contribution in [3.63, 3.8) is 0 Å². The fourth-order valence-corrected chi connectivity index (χ4v) is 2.88. The first kappa shape index (κ1) is 15.0. The molecule has 1 aliphatic rings. The first-order valence-electron chi connectivity index (χ1n) is 8.21. The summed E-state index contributed by atoms with van der Waals surface area (Å²) in [5.41, 5.74) is 1.81. The minimum absolute atomic E-state index is 0.0130. The number of para-hydroxylation sites is 2. The molecule has 1 aromatic heterocycles. The average molecular weight is 300 g/mol. The minimum atomic E-state index is 0.0130. The van der Waals surface area contributed by atoms with E-state index in [1.165, 1.54) is 19.3 Å². The van der Waals surface area contributed by atoms with Gasteiger partial charge in [-0.05, 0) is 37.8 Å². The van der Waals surface area contributed by atoms with E-state index in [9.17, 15) is 5.11 Å². The lowest BCUT2D eigenvalue weighted by Crippen LogP contribution is -2.32. The highest BCUT2D eigenvalue weighted by atomic mass is 16.3. The molecule has 1 atom stereocenters. The fourth-order valence-electron chi connectivity index (χ4n) is 2.88. The molecule has 0 unspecified atom stereocenters. The molecule has 0 aliphatic carbocycles. The zero-order valence-electron chi connectivity index (χ0n) is 13.1. The Labute approximate surface area is 131 Å². The van der Waals surface area contributed by atoms with E-state index in [4.69, 9.17) is 9.97 Å². The third kappa shape index (κ3) is 3.14. The Morgan fingerprint density at radius 2 is 1.82 bits per heavy atom. The van der Waals surface area contributed by atoms with E-state index in [0.717, 1.165) is 42.2 Å². The van der Waals surface area contributed by atoms with Gasteiger partial charge in [0.2, 0.25) is 0 Å². The van der Waals surface area contributed by atoms with Gasteiger partial charge in [0.05, 0.1) is 23.7 Å². The van der Waals surface area contributed by atoms with Crippen molar-refractivity contribution in [1.82, 2.24) is 9.97 Å². The van der Waals surface area contributed by atoms with Gasteiger partial charge in [-0.15, -0.1) is 0 Å². The Morgan fingerprint density at radius 1 is 1.14 bits per heavy atom. The highest BCUT2D eigenvalue weighted by Gasteiger charge is 2.19. The number of benzene rings is 1. The zero-order chi connectivity index (χ0) is 15.4. The summed E-state index contributed by atoms with van der Waals surface area (Å²) in [6.07, 6.45) is 4.54. The van der Waals surface area contributed by atoms with Gasteiger partial charge in [-0.1, -0.05) is 19.1 Å². The molecule has 0 amide bonds. The smallest absolute Gasteiger partial charge is 0.172 e. The lowest BCUT2D eigenvalue weighted by atomic mass is 10.1. The molecule has 0 saturated carbocycles. The van der Waals surface area contributed by atoms with Crippen molar-refractivity contribution in [3.05, 3.63) is 24.3 Å². The van der Waals surface area contributed by atoms with Gasteiger partial charge in [0, 0.05) is 13.1 Å². The summed E-state index contributed by atoms with van der Waals surface area (Å²) >= 11 is 0. The summed E-state index contributed by atoms with van der Waals surface area (Å²) in [6.45, 7) is 4.21. The topological polar surface area (TPSA) is 61.3 Å². The van der Waals surface area contributed by atoms with Crippen LogP contribution in [0, 0.1) is 0 Å². The molecule has 0 spiro atoms. The van der Waals surface area contributed by atoms with E-state index in [1.807, 2.05) is 24.3 Å². The molecule has 0 bridgehead atoms. The summed E-state index contributed by atoms with van der Waals surface area (Å²) in [5, 5.41) is 12.8. The van der Waals surface area contributed by atoms with Gasteiger partial charge >= 0.3 is 0 Å². The lowest BCUT2D eigenvalue weighted by molar-refractivity contribution is 0.271. The van der Waals surface area contributed by atoms with Crippen LogP contribution in [0.25, 0.3) is 11.0 Å². The Kier molecular flexibility index (Phi) is 4.73. The number of aliphatic hydroxyl groups is 1. The second-order valence-corrected chi connectivity index (χ2v) is 5.86. The van der Waals surface area contributed by atoms with Crippen LogP contribution in [0.2, 0.25) is 0 Å². The van der Waals surface area contributed by atoms with E-state index in [2.05, 4.69) is 17.1 Å². The Bertz CT molecular complexity index is 621. The van der Waals surface area contributed by atoms with Gasteiger partial charge in [0.1, 0.15) is 0 Å². The van der Waals surface area contributed by atoms with E-state index < -0.39 is 0 Å². The molecule has 1 fully saturated rings. The second-order valence-electron chi connectivity index (χ2n) is 5.86. The Morgan fingerprint density at radius 3 is 2.45 bits per heavy atom. The van der Waals surface area contributed by atoms with Crippen molar-refractivity contribution in [2.75, 3.05) is 29.9 Å². The molecular weight excluding hydrogens is 276 g/mol. The summed E-state index contributed by atoms with van der Waals surface area (Å²) < 4.78 is 0. The van der Waals surface area contributed by atoms with Crippen LogP contribution in [0.5, 0.6) is 0 Å². The highest BCUT2D eigenvalue weighted by Crippen LogP contribution is 2.28. The molecule has 1 aromatic carbocycles. The van der Waals surface area contributed by atoms with E-state index >= 15 is 0 Å². The van der Waals surface area contributed by atoms with Gasteiger partial charge in [0.15, 0.2) is 11.6 Å². The van der Waals surface area contributed by atoms with Crippen LogP contribution in [0.4, 0.5) is 11.6 Å². The molecule has 0 radical (unpaired) electrons. The maximum Gasteiger partial charge on any atom is 0.172 e. The maximum atomic E-state index is 9.48. The monoisotopic (exact) mass is 300 g/mol. The van der Waals surface area contributed by atoms with Gasteiger partial charge in [-0.2, -0.15) is 0 Å². The van der Waals surface area contributed by atoms with Crippen molar-refractivity contribution >= 4 is 22.7 Å². The van der Waals surface area contributed by atoms with Crippen LogP contribution in [-0.4, -0.2) is 40.8 Å². The number of piperidine rings is 1. The zero-order valence-corrected chi connectivity index (χ0v) is 13.1. The van der Waals surface area contributed by atoms with E-state index in [0.29, 0.717) is 0 Å². The number of aromatic nitrogens is 2. The van der Waals surface area contributed by atoms with Crippen LogP contribution in [0.3, 0.4) is 0 Å². The van der Waals surface area contributed by atoms with Crippen LogP contribution in [-0.2, 0) is 0 Å². The van der Waals surface area contributed by atoms with Crippen molar-refractivity contribution in [2.45, 2.75) is 38.6 Å². The molecule has 2 N–H and O–H groups in total. The third-order valence-corrected chi connectivity index (χ3v) is 4.26. The summed E-state index contributed by atoms with van der Waals surface area (Å²) in [6, 6.07) is 7.97. The third-order valence-electron chi connectivity index (χ3n) is 4.26. The van der Waals surface area contributed by atoms with Gasteiger partial charge < -0.3 is 15.3 Å². The van der Waals surface area contributed by atoms with E-state index in [1.54, 1.807) is 0 Å². The molecule has 1 aliphatic heterocycles. The van der Waals surface area contributed by atoms with Gasteiger partial charge in [-0.25, -0.2) is 9.97 Å².